The third-order valence-electron chi connectivity index (χ3n) is 5.37. The summed E-state index contributed by atoms with van der Waals surface area (Å²) in [6, 6.07) is 5.30. The molecular weight excluding hydrogens is 324 g/mol. The molecule has 0 radical (unpaired) electrons. The van der Waals surface area contributed by atoms with Crippen molar-refractivity contribution in [2.24, 2.45) is 0 Å². The average Bonchev–Trinajstić information content (AvgIpc) is 2.89. The Bertz CT molecular complexity index is 520. The fourth-order valence-electron chi connectivity index (χ4n) is 3.84. The maximum Gasteiger partial charge on any atom is 0.171 e. The highest BCUT2D eigenvalue weighted by Gasteiger charge is 2.15. The average molecular weight is 361 g/mol. The van der Waals surface area contributed by atoms with E-state index in [1.807, 2.05) is 0 Å². The molecule has 0 aromatic heterocycles. The summed E-state index contributed by atoms with van der Waals surface area (Å²) in [5, 5.41) is 7.93. The highest BCUT2D eigenvalue weighted by Crippen LogP contribution is 2.26. The highest BCUT2D eigenvalue weighted by molar-refractivity contribution is 7.80. The molecule has 0 bridgehead atoms. The van der Waals surface area contributed by atoms with Gasteiger partial charge in [-0.3, -0.25) is 0 Å². The summed E-state index contributed by atoms with van der Waals surface area (Å²) in [6.45, 7) is 6.74. The maximum absolute atomic E-state index is 5.66. The Balaban J connectivity index is 2.09. The number of nitrogens with one attached hydrogen (secondary N) is 2. The van der Waals surface area contributed by atoms with E-state index in [0.29, 0.717) is 6.04 Å². The van der Waals surface area contributed by atoms with Gasteiger partial charge in [0, 0.05) is 11.7 Å². The molecule has 2 rings (SSSR count). The lowest BCUT2D eigenvalue weighted by atomic mass is 9.96. The van der Waals surface area contributed by atoms with E-state index in [0.717, 1.165) is 18.0 Å². The van der Waals surface area contributed by atoms with Crippen LogP contribution in [0.2, 0.25) is 0 Å². The molecule has 1 fully saturated rings. The van der Waals surface area contributed by atoms with Gasteiger partial charge in [-0.2, -0.15) is 0 Å². The number of rotatable bonds is 7. The van der Waals surface area contributed by atoms with Crippen molar-refractivity contribution in [3.8, 4) is 0 Å². The van der Waals surface area contributed by atoms with Crippen LogP contribution in [0.3, 0.4) is 0 Å². The van der Waals surface area contributed by atoms with E-state index in [2.05, 4.69) is 43.5 Å². The van der Waals surface area contributed by atoms with E-state index in [1.54, 1.807) is 0 Å². The zero-order valence-electron chi connectivity index (χ0n) is 16.4. The topological polar surface area (TPSA) is 24.1 Å². The minimum Gasteiger partial charge on any atom is -0.360 e. The molecule has 0 aliphatic heterocycles. The number of thiocarbonyl (C=S) groups is 1. The van der Waals surface area contributed by atoms with Crippen LogP contribution in [0.15, 0.2) is 12.1 Å². The van der Waals surface area contributed by atoms with Crippen LogP contribution in [-0.4, -0.2) is 11.2 Å². The molecule has 0 amide bonds. The Morgan fingerprint density at radius 2 is 1.60 bits per heavy atom. The summed E-state index contributed by atoms with van der Waals surface area (Å²) in [4.78, 5) is 0. The van der Waals surface area contributed by atoms with Crippen LogP contribution in [0.25, 0.3) is 0 Å². The van der Waals surface area contributed by atoms with Crippen LogP contribution < -0.4 is 10.6 Å². The Morgan fingerprint density at radius 1 is 1.00 bits per heavy atom. The minimum atomic E-state index is 0.543. The standard InChI is InChI=1S/C22H36N2S/c1-4-7-12-17-15-18(5-2)21(19(6-3)16-17)24-22(25)23-20-13-10-8-9-11-14-20/h15-16,20H,4-14H2,1-3H3,(H2,23,24,25). The maximum atomic E-state index is 5.66. The van der Waals surface area contributed by atoms with Crippen molar-refractivity contribution in [1.29, 1.82) is 0 Å². The predicted octanol–water partition coefficient (Wildman–Crippen LogP) is 6.16. The molecule has 25 heavy (non-hydrogen) atoms. The summed E-state index contributed by atoms with van der Waals surface area (Å²) in [5.74, 6) is 0. The summed E-state index contributed by atoms with van der Waals surface area (Å²) in [6.07, 6.45) is 13.7. The van der Waals surface area contributed by atoms with Gasteiger partial charge in [-0.25, -0.2) is 0 Å². The van der Waals surface area contributed by atoms with Crippen molar-refractivity contribution in [2.45, 2.75) is 97.4 Å². The van der Waals surface area contributed by atoms with Crippen molar-refractivity contribution in [2.75, 3.05) is 5.32 Å². The van der Waals surface area contributed by atoms with Crippen LogP contribution >= 0.6 is 12.2 Å². The monoisotopic (exact) mass is 360 g/mol. The summed E-state index contributed by atoms with van der Waals surface area (Å²) < 4.78 is 0. The molecule has 1 saturated carbocycles. The van der Waals surface area contributed by atoms with Crippen molar-refractivity contribution < 1.29 is 0 Å². The Morgan fingerprint density at radius 3 is 2.12 bits per heavy atom. The van der Waals surface area contributed by atoms with Crippen molar-refractivity contribution in [1.82, 2.24) is 5.32 Å². The van der Waals surface area contributed by atoms with Gasteiger partial charge in [-0.15, -0.1) is 0 Å². The lowest BCUT2D eigenvalue weighted by Crippen LogP contribution is -2.37. The lowest BCUT2D eigenvalue weighted by Gasteiger charge is -2.22. The first kappa shape index (κ1) is 20.2. The summed E-state index contributed by atoms with van der Waals surface area (Å²) in [7, 11) is 0. The molecule has 1 aromatic carbocycles. The SMILES string of the molecule is CCCCc1cc(CC)c(NC(=S)NC2CCCCCC2)c(CC)c1. The molecule has 0 saturated heterocycles. The van der Waals surface area contributed by atoms with Gasteiger partial charge < -0.3 is 10.6 Å². The van der Waals surface area contributed by atoms with Gasteiger partial charge in [0.15, 0.2) is 5.11 Å². The fraction of sp³-hybridized carbons (Fsp3) is 0.682. The van der Waals surface area contributed by atoms with Gasteiger partial charge >= 0.3 is 0 Å². The first-order valence-electron chi connectivity index (χ1n) is 10.4. The van der Waals surface area contributed by atoms with Crippen LogP contribution in [0.4, 0.5) is 5.69 Å². The number of aryl methyl sites for hydroxylation is 3. The summed E-state index contributed by atoms with van der Waals surface area (Å²) >= 11 is 5.66. The van der Waals surface area contributed by atoms with E-state index in [9.17, 15) is 0 Å². The third-order valence-corrected chi connectivity index (χ3v) is 5.59. The Kier molecular flexibility index (Phi) is 8.74. The van der Waals surface area contributed by atoms with Crippen LogP contribution in [0.1, 0.15) is 88.8 Å². The van der Waals surface area contributed by atoms with Gasteiger partial charge in [-0.05, 0) is 67.4 Å². The van der Waals surface area contributed by atoms with Crippen molar-refractivity contribution in [3.63, 3.8) is 0 Å². The van der Waals surface area contributed by atoms with Crippen molar-refractivity contribution >= 4 is 23.0 Å². The molecule has 2 nitrogen and oxygen atoms in total. The van der Waals surface area contributed by atoms with E-state index in [4.69, 9.17) is 12.2 Å². The van der Waals surface area contributed by atoms with Crippen LogP contribution in [-0.2, 0) is 19.3 Å². The normalized spacial score (nSPS) is 15.6. The molecule has 1 aromatic rings. The van der Waals surface area contributed by atoms with E-state index >= 15 is 0 Å². The number of hydrogen-bond acceptors (Lipinski definition) is 1. The second-order valence-corrected chi connectivity index (χ2v) is 7.79. The van der Waals surface area contributed by atoms with E-state index in [1.165, 1.54) is 80.2 Å². The third kappa shape index (κ3) is 6.29. The predicted molar refractivity (Wildman–Crippen MR) is 115 cm³/mol. The van der Waals surface area contributed by atoms with E-state index < -0.39 is 0 Å². The molecule has 0 atom stereocenters. The van der Waals surface area contributed by atoms with Gasteiger partial charge in [0.05, 0.1) is 0 Å². The molecule has 0 unspecified atom stereocenters. The largest absolute Gasteiger partial charge is 0.360 e. The first-order chi connectivity index (χ1) is 12.2. The molecule has 2 N–H and O–H groups in total. The Hall–Kier alpha value is -1.09. The summed E-state index contributed by atoms with van der Waals surface area (Å²) in [5.41, 5.74) is 5.52. The number of anilines is 1. The number of unbranched alkanes of at least 4 members (excludes halogenated alkanes) is 1. The van der Waals surface area contributed by atoms with Gasteiger partial charge in [0.2, 0.25) is 0 Å². The molecule has 0 heterocycles. The molecule has 0 spiro atoms. The second kappa shape index (κ2) is 10.8. The lowest BCUT2D eigenvalue weighted by molar-refractivity contribution is 0.535. The molecular formula is C22H36N2S. The highest BCUT2D eigenvalue weighted by atomic mass is 32.1. The van der Waals surface area contributed by atoms with Gasteiger partial charge in [0.1, 0.15) is 0 Å². The zero-order valence-corrected chi connectivity index (χ0v) is 17.2. The number of benzene rings is 1. The van der Waals surface area contributed by atoms with Gasteiger partial charge in [0.25, 0.3) is 0 Å². The van der Waals surface area contributed by atoms with E-state index in [-0.39, 0.29) is 0 Å². The molecule has 1 aliphatic rings. The molecule has 3 heteroatoms. The zero-order chi connectivity index (χ0) is 18.1. The molecule has 140 valence electrons. The van der Waals surface area contributed by atoms with Crippen molar-refractivity contribution in [3.05, 3.63) is 28.8 Å². The van der Waals surface area contributed by atoms with Crippen LogP contribution in [0.5, 0.6) is 0 Å². The smallest absolute Gasteiger partial charge is 0.171 e. The number of hydrogen-bond donors (Lipinski definition) is 2. The first-order valence-corrected chi connectivity index (χ1v) is 10.8. The van der Waals surface area contributed by atoms with Crippen LogP contribution in [0, 0.1) is 0 Å². The fourth-order valence-corrected chi connectivity index (χ4v) is 4.11. The Labute approximate surface area is 160 Å². The van der Waals surface area contributed by atoms with Gasteiger partial charge in [-0.1, -0.05) is 65.0 Å². The molecule has 1 aliphatic carbocycles. The quantitative estimate of drug-likeness (QED) is 0.449. The second-order valence-electron chi connectivity index (χ2n) is 7.39. The minimum absolute atomic E-state index is 0.543.